The van der Waals surface area contributed by atoms with E-state index in [0.717, 1.165) is 33.0 Å². The van der Waals surface area contributed by atoms with Crippen molar-refractivity contribution in [2.24, 2.45) is 0 Å². The van der Waals surface area contributed by atoms with Crippen LogP contribution in [0.1, 0.15) is 29.4 Å². The molecule has 0 radical (unpaired) electrons. The maximum absolute atomic E-state index is 6.36. The van der Waals surface area contributed by atoms with E-state index >= 15 is 0 Å². The number of aromatic amines is 1. The van der Waals surface area contributed by atoms with E-state index in [2.05, 4.69) is 45.8 Å². The molecule has 3 aromatic rings. The van der Waals surface area contributed by atoms with E-state index in [-0.39, 0.29) is 0 Å². The molecule has 0 saturated carbocycles. The van der Waals surface area contributed by atoms with Gasteiger partial charge in [0.25, 0.3) is 0 Å². The van der Waals surface area contributed by atoms with Gasteiger partial charge in [0.15, 0.2) is 5.82 Å². The van der Waals surface area contributed by atoms with Gasteiger partial charge in [0.1, 0.15) is 5.75 Å². The predicted octanol–water partition coefficient (Wildman–Crippen LogP) is 4.43. The number of aromatic nitrogens is 4. The largest absolute Gasteiger partial charge is 0.497 e. The average molecular weight is 365 g/mol. The van der Waals surface area contributed by atoms with Gasteiger partial charge in [-0.3, -0.25) is 0 Å². The van der Waals surface area contributed by atoms with Gasteiger partial charge in [0.2, 0.25) is 0 Å². The highest BCUT2D eigenvalue weighted by Gasteiger charge is 2.25. The number of methoxy groups -OCH3 is 1. The minimum absolute atomic E-state index is 0.600. The second kappa shape index (κ2) is 6.77. The molecular weight excluding hydrogens is 348 g/mol. The number of benzene rings is 2. The van der Waals surface area contributed by atoms with E-state index in [0.29, 0.717) is 12.2 Å². The molecular formula is C20H17ClN4O. The van der Waals surface area contributed by atoms with Gasteiger partial charge >= 0.3 is 0 Å². The molecule has 4 rings (SSSR count). The van der Waals surface area contributed by atoms with Gasteiger partial charge in [0.05, 0.1) is 7.11 Å². The Morgan fingerprint density at radius 2 is 2.00 bits per heavy atom. The molecule has 0 unspecified atom stereocenters. The van der Waals surface area contributed by atoms with Gasteiger partial charge in [-0.05, 0) is 64.6 Å². The molecule has 0 bridgehead atoms. The molecule has 0 amide bonds. The monoisotopic (exact) mass is 364 g/mol. The van der Waals surface area contributed by atoms with Gasteiger partial charge in [0, 0.05) is 11.4 Å². The van der Waals surface area contributed by atoms with Crippen molar-refractivity contribution in [2.45, 2.75) is 13.3 Å². The molecule has 0 spiro atoms. The Kier molecular flexibility index (Phi) is 4.31. The first-order chi connectivity index (χ1) is 12.7. The zero-order valence-corrected chi connectivity index (χ0v) is 15.2. The third-order valence-corrected chi connectivity index (χ3v) is 4.97. The SMILES string of the molecule is COc1ccc2c(c1)C(Cc1nn[nH]n1)=C(C)C2=Cc1ccccc1Cl. The number of halogens is 1. The summed E-state index contributed by atoms with van der Waals surface area (Å²) in [6, 6.07) is 14.0. The summed E-state index contributed by atoms with van der Waals surface area (Å²) in [6.07, 6.45) is 2.73. The van der Waals surface area contributed by atoms with Crippen molar-refractivity contribution in [3.63, 3.8) is 0 Å². The number of hydrogen-bond donors (Lipinski definition) is 1. The van der Waals surface area contributed by atoms with E-state index in [1.165, 1.54) is 11.1 Å². The molecule has 1 aliphatic rings. The Morgan fingerprint density at radius 3 is 2.73 bits per heavy atom. The molecule has 0 saturated heterocycles. The van der Waals surface area contributed by atoms with E-state index in [1.54, 1.807) is 7.11 Å². The van der Waals surface area contributed by atoms with Crippen molar-refractivity contribution in [2.75, 3.05) is 7.11 Å². The maximum Gasteiger partial charge on any atom is 0.178 e. The number of hydrogen-bond acceptors (Lipinski definition) is 4. The van der Waals surface area contributed by atoms with Crippen LogP contribution >= 0.6 is 11.6 Å². The minimum Gasteiger partial charge on any atom is -0.497 e. The van der Waals surface area contributed by atoms with Crippen molar-refractivity contribution in [3.05, 3.63) is 75.6 Å². The Morgan fingerprint density at radius 1 is 1.15 bits per heavy atom. The molecule has 130 valence electrons. The fourth-order valence-electron chi connectivity index (χ4n) is 3.28. The molecule has 6 heteroatoms. The Hall–Kier alpha value is -2.92. The van der Waals surface area contributed by atoms with Gasteiger partial charge < -0.3 is 4.74 Å². The molecule has 26 heavy (non-hydrogen) atoms. The quantitative estimate of drug-likeness (QED) is 0.743. The lowest BCUT2D eigenvalue weighted by molar-refractivity contribution is 0.414. The van der Waals surface area contributed by atoms with Gasteiger partial charge in [-0.15, -0.1) is 10.2 Å². The van der Waals surface area contributed by atoms with E-state index < -0.39 is 0 Å². The van der Waals surface area contributed by atoms with Crippen LogP contribution in [0.5, 0.6) is 5.75 Å². The van der Waals surface area contributed by atoms with Crippen LogP contribution in [-0.4, -0.2) is 27.7 Å². The predicted molar refractivity (Wildman–Crippen MR) is 103 cm³/mol. The second-order valence-electron chi connectivity index (χ2n) is 6.10. The van der Waals surface area contributed by atoms with Crippen LogP contribution in [0.15, 0.2) is 48.0 Å². The summed E-state index contributed by atoms with van der Waals surface area (Å²) in [6.45, 7) is 2.12. The molecule has 1 heterocycles. The standard InChI is InChI=1S/C20H17ClN4O/c1-12-16(9-13-5-3-4-6-19(13)21)15-8-7-14(26-2)10-18(15)17(12)11-20-22-24-25-23-20/h3-10H,11H2,1-2H3,(H,22,23,24,25). The number of ether oxygens (including phenoxy) is 1. The summed E-state index contributed by atoms with van der Waals surface area (Å²) in [4.78, 5) is 0. The van der Waals surface area contributed by atoms with Crippen molar-refractivity contribution < 1.29 is 4.74 Å². The van der Waals surface area contributed by atoms with E-state index in [4.69, 9.17) is 16.3 Å². The van der Waals surface area contributed by atoms with Crippen LogP contribution in [0.25, 0.3) is 17.2 Å². The highest BCUT2D eigenvalue weighted by Crippen LogP contribution is 2.44. The number of fused-ring (bicyclic) bond motifs is 1. The summed E-state index contributed by atoms with van der Waals surface area (Å²) < 4.78 is 5.42. The van der Waals surface area contributed by atoms with Gasteiger partial charge in [-0.1, -0.05) is 41.1 Å². The normalized spacial score (nSPS) is 14.8. The summed E-state index contributed by atoms with van der Waals surface area (Å²) in [5, 5.41) is 15.1. The minimum atomic E-state index is 0.600. The lowest BCUT2D eigenvalue weighted by atomic mass is 10.0. The lowest BCUT2D eigenvalue weighted by Gasteiger charge is -2.07. The first kappa shape index (κ1) is 16.5. The van der Waals surface area contributed by atoms with Crippen LogP contribution in [0.3, 0.4) is 0 Å². The molecule has 5 nitrogen and oxygen atoms in total. The van der Waals surface area contributed by atoms with E-state index in [1.807, 2.05) is 30.3 Å². The average Bonchev–Trinajstić information content (AvgIpc) is 3.26. The van der Waals surface area contributed by atoms with Crippen molar-refractivity contribution >= 4 is 28.8 Å². The van der Waals surface area contributed by atoms with Crippen molar-refractivity contribution in [1.29, 1.82) is 0 Å². The first-order valence-electron chi connectivity index (χ1n) is 8.25. The zero-order valence-electron chi connectivity index (χ0n) is 14.5. The summed E-state index contributed by atoms with van der Waals surface area (Å²) >= 11 is 6.36. The van der Waals surface area contributed by atoms with Gasteiger partial charge in [-0.2, -0.15) is 5.21 Å². The number of tetrazole rings is 1. The highest BCUT2D eigenvalue weighted by molar-refractivity contribution is 6.32. The first-order valence-corrected chi connectivity index (χ1v) is 8.62. The molecule has 0 aliphatic heterocycles. The molecule has 1 aromatic heterocycles. The number of allylic oxidation sites excluding steroid dienone is 3. The molecule has 2 aromatic carbocycles. The van der Waals surface area contributed by atoms with Crippen molar-refractivity contribution in [3.8, 4) is 5.75 Å². The van der Waals surface area contributed by atoms with Crippen LogP contribution in [0.2, 0.25) is 5.02 Å². The smallest absolute Gasteiger partial charge is 0.178 e. The van der Waals surface area contributed by atoms with Crippen LogP contribution in [-0.2, 0) is 6.42 Å². The molecule has 0 fully saturated rings. The lowest BCUT2D eigenvalue weighted by Crippen LogP contribution is -1.94. The topological polar surface area (TPSA) is 63.7 Å². The summed E-state index contributed by atoms with van der Waals surface area (Å²) in [7, 11) is 1.67. The zero-order chi connectivity index (χ0) is 18.1. The van der Waals surface area contributed by atoms with Crippen LogP contribution in [0, 0.1) is 0 Å². The van der Waals surface area contributed by atoms with E-state index in [9.17, 15) is 0 Å². The molecule has 1 aliphatic carbocycles. The fraction of sp³-hybridized carbons (Fsp3) is 0.150. The van der Waals surface area contributed by atoms with Crippen LogP contribution < -0.4 is 4.74 Å². The number of rotatable bonds is 4. The number of nitrogens with one attached hydrogen (secondary N) is 1. The summed E-state index contributed by atoms with van der Waals surface area (Å²) in [5.41, 5.74) is 6.77. The number of H-pyrrole nitrogens is 1. The number of nitrogens with zero attached hydrogens (tertiary/aromatic N) is 3. The Labute approximate surface area is 156 Å². The summed E-state index contributed by atoms with van der Waals surface area (Å²) in [5.74, 6) is 1.48. The van der Waals surface area contributed by atoms with Crippen LogP contribution in [0.4, 0.5) is 0 Å². The maximum atomic E-state index is 6.36. The third-order valence-electron chi connectivity index (χ3n) is 4.63. The fourth-order valence-corrected chi connectivity index (χ4v) is 3.47. The van der Waals surface area contributed by atoms with Crippen molar-refractivity contribution in [1.82, 2.24) is 20.6 Å². The third kappa shape index (κ3) is 2.91. The second-order valence-corrected chi connectivity index (χ2v) is 6.51. The Balaban J connectivity index is 1.87. The molecule has 1 N–H and O–H groups in total. The van der Waals surface area contributed by atoms with Gasteiger partial charge in [-0.25, -0.2) is 0 Å². The Bertz CT molecular complexity index is 1020. The molecule has 0 atom stereocenters. The highest BCUT2D eigenvalue weighted by atomic mass is 35.5.